The van der Waals surface area contributed by atoms with Crippen molar-refractivity contribution in [3.63, 3.8) is 0 Å². The summed E-state index contributed by atoms with van der Waals surface area (Å²) >= 11 is 0. The molecule has 0 fully saturated rings. The Kier molecular flexibility index (Phi) is 4.65. The van der Waals surface area contributed by atoms with E-state index in [2.05, 4.69) is 36.2 Å². The second kappa shape index (κ2) is 6.86. The summed E-state index contributed by atoms with van der Waals surface area (Å²) < 4.78 is 5.55. The number of nitrogens with one attached hydrogen (secondary N) is 1. The van der Waals surface area contributed by atoms with Crippen LogP contribution in [-0.4, -0.2) is 19.6 Å². The van der Waals surface area contributed by atoms with Crippen LogP contribution in [0.25, 0.3) is 5.57 Å². The van der Waals surface area contributed by atoms with Gasteiger partial charge >= 0.3 is 0 Å². The van der Waals surface area contributed by atoms with Crippen LogP contribution in [-0.2, 0) is 17.6 Å². The van der Waals surface area contributed by atoms with Crippen LogP contribution in [0.5, 0.6) is 5.75 Å². The monoisotopic (exact) mass is 309 g/mol. The highest BCUT2D eigenvalue weighted by Crippen LogP contribution is 2.42. The van der Waals surface area contributed by atoms with Gasteiger partial charge in [-0.15, -0.1) is 6.58 Å². The number of ether oxygens (including phenoxy) is 1. The van der Waals surface area contributed by atoms with Gasteiger partial charge in [0, 0.05) is 18.5 Å². The summed E-state index contributed by atoms with van der Waals surface area (Å²) in [6, 6.07) is 4.27. The molecule has 0 bridgehead atoms. The molecule has 23 heavy (non-hydrogen) atoms. The minimum atomic E-state index is 0.0448. The topological polar surface area (TPSA) is 38.3 Å². The van der Waals surface area contributed by atoms with E-state index < -0.39 is 0 Å². The van der Waals surface area contributed by atoms with Crippen LogP contribution in [0.3, 0.4) is 0 Å². The Hall–Kier alpha value is -2.29. The lowest BCUT2D eigenvalue weighted by atomic mass is 9.78. The largest absolute Gasteiger partial charge is 0.496 e. The van der Waals surface area contributed by atoms with Crippen molar-refractivity contribution in [2.24, 2.45) is 0 Å². The summed E-state index contributed by atoms with van der Waals surface area (Å²) in [5.41, 5.74) is 6.85. The smallest absolute Gasteiger partial charge is 0.223 e. The summed E-state index contributed by atoms with van der Waals surface area (Å²) in [4.78, 5) is 11.6. The van der Waals surface area contributed by atoms with E-state index in [-0.39, 0.29) is 5.91 Å². The average Bonchev–Trinajstić information content (AvgIpc) is 2.57. The van der Waals surface area contributed by atoms with E-state index in [1.165, 1.54) is 27.8 Å². The number of methoxy groups -OCH3 is 1. The van der Waals surface area contributed by atoms with Crippen LogP contribution in [0.4, 0.5) is 0 Å². The molecule has 1 amide bonds. The minimum absolute atomic E-state index is 0.0448. The van der Waals surface area contributed by atoms with Gasteiger partial charge in [0.2, 0.25) is 5.91 Å². The maximum Gasteiger partial charge on any atom is 0.223 e. The fourth-order valence-electron chi connectivity index (χ4n) is 3.53. The zero-order valence-corrected chi connectivity index (χ0v) is 13.7. The van der Waals surface area contributed by atoms with Gasteiger partial charge in [0.25, 0.3) is 0 Å². The molecule has 0 aromatic heterocycles. The first-order chi connectivity index (χ1) is 11.2. The molecule has 0 saturated carbocycles. The number of allylic oxidation sites excluding steroid dienone is 3. The van der Waals surface area contributed by atoms with Crippen molar-refractivity contribution < 1.29 is 9.53 Å². The molecule has 0 atom stereocenters. The number of benzene rings is 1. The number of hydrogen-bond acceptors (Lipinski definition) is 2. The molecule has 0 radical (unpaired) electrons. The van der Waals surface area contributed by atoms with Gasteiger partial charge in [-0.2, -0.15) is 0 Å². The van der Waals surface area contributed by atoms with E-state index >= 15 is 0 Å². The summed E-state index contributed by atoms with van der Waals surface area (Å²) in [5, 5.41) is 2.96. The van der Waals surface area contributed by atoms with Gasteiger partial charge in [0.15, 0.2) is 0 Å². The first-order valence-electron chi connectivity index (χ1n) is 8.20. The van der Waals surface area contributed by atoms with Gasteiger partial charge in [-0.25, -0.2) is 0 Å². The molecule has 1 aromatic rings. The normalized spacial score (nSPS) is 15.2. The fraction of sp³-hybridized carbons (Fsp3) is 0.350. The van der Waals surface area contributed by atoms with Crippen molar-refractivity contribution in [2.45, 2.75) is 32.1 Å². The average molecular weight is 309 g/mol. The summed E-state index contributed by atoms with van der Waals surface area (Å²) in [6.45, 7) is 4.28. The molecule has 1 N–H and O–H groups in total. The van der Waals surface area contributed by atoms with Crippen LogP contribution in [0, 0.1) is 0 Å². The lowest BCUT2D eigenvalue weighted by Gasteiger charge is -2.28. The predicted octanol–water partition coefficient (Wildman–Crippen LogP) is 3.59. The molecule has 1 aromatic carbocycles. The van der Waals surface area contributed by atoms with E-state index in [4.69, 9.17) is 4.74 Å². The van der Waals surface area contributed by atoms with Crippen LogP contribution >= 0.6 is 0 Å². The molecule has 3 heteroatoms. The molecule has 3 rings (SSSR count). The number of amides is 1. The fourth-order valence-corrected chi connectivity index (χ4v) is 3.53. The number of carbonyl (C=O) groups is 1. The van der Waals surface area contributed by atoms with Crippen LogP contribution in [0.1, 0.15) is 36.0 Å². The lowest BCUT2D eigenvalue weighted by Crippen LogP contribution is -2.24. The van der Waals surface area contributed by atoms with Crippen molar-refractivity contribution in [2.75, 3.05) is 13.7 Å². The Bertz CT molecular complexity index is 698. The maximum absolute atomic E-state index is 11.6. The molecule has 0 unspecified atom stereocenters. The first kappa shape index (κ1) is 15.6. The molecule has 0 heterocycles. The van der Waals surface area contributed by atoms with E-state index in [0.29, 0.717) is 13.0 Å². The zero-order chi connectivity index (χ0) is 16.2. The molecular weight excluding hydrogens is 286 g/mol. The van der Waals surface area contributed by atoms with Crippen LogP contribution in [0.2, 0.25) is 0 Å². The molecule has 2 aliphatic carbocycles. The van der Waals surface area contributed by atoms with Crippen LogP contribution < -0.4 is 10.1 Å². The summed E-state index contributed by atoms with van der Waals surface area (Å²) in [7, 11) is 1.74. The van der Waals surface area contributed by atoms with E-state index in [1.807, 2.05) is 0 Å². The molecule has 3 nitrogen and oxygen atoms in total. The quantitative estimate of drug-likeness (QED) is 0.816. The van der Waals surface area contributed by atoms with Crippen molar-refractivity contribution in [3.8, 4) is 5.75 Å². The number of rotatable bonds is 6. The maximum atomic E-state index is 11.6. The zero-order valence-electron chi connectivity index (χ0n) is 13.7. The summed E-state index contributed by atoms with van der Waals surface area (Å²) in [5.74, 6) is 1.04. The molecule has 0 spiro atoms. The van der Waals surface area contributed by atoms with Crippen LogP contribution in [0.15, 0.2) is 42.5 Å². The van der Waals surface area contributed by atoms with Gasteiger partial charge in [-0.3, -0.25) is 4.79 Å². The molecule has 0 saturated heterocycles. The molecular formula is C20H23NO2. The number of hydrogen-bond donors (Lipinski definition) is 1. The first-order valence-corrected chi connectivity index (χ1v) is 8.20. The second-order valence-corrected chi connectivity index (χ2v) is 6.00. The third-order valence-corrected chi connectivity index (χ3v) is 4.60. The lowest BCUT2D eigenvalue weighted by molar-refractivity contribution is -0.120. The van der Waals surface area contributed by atoms with E-state index in [1.54, 1.807) is 13.2 Å². The molecule has 2 aliphatic rings. The minimum Gasteiger partial charge on any atom is -0.496 e. The Balaban J connectivity index is 1.84. The van der Waals surface area contributed by atoms with Gasteiger partial charge in [-0.1, -0.05) is 29.9 Å². The molecule has 0 aliphatic heterocycles. The summed E-state index contributed by atoms with van der Waals surface area (Å²) in [6.07, 6.45) is 10.4. The van der Waals surface area contributed by atoms with Crippen molar-refractivity contribution in [3.05, 3.63) is 59.2 Å². The van der Waals surface area contributed by atoms with Gasteiger partial charge in [0.1, 0.15) is 5.75 Å². The second-order valence-electron chi connectivity index (χ2n) is 6.00. The predicted molar refractivity (Wildman–Crippen MR) is 93.5 cm³/mol. The Labute approximate surface area is 137 Å². The van der Waals surface area contributed by atoms with Gasteiger partial charge in [0.05, 0.1) is 7.11 Å². The molecule has 120 valence electrons. The highest BCUT2D eigenvalue weighted by molar-refractivity contribution is 5.85. The van der Waals surface area contributed by atoms with Crippen molar-refractivity contribution in [1.29, 1.82) is 0 Å². The van der Waals surface area contributed by atoms with Crippen molar-refractivity contribution >= 4 is 11.5 Å². The van der Waals surface area contributed by atoms with Gasteiger partial charge in [-0.05, 0) is 48.4 Å². The number of carbonyl (C=O) groups excluding carboxylic acids is 1. The standard InChI is InChI=1S/C20H23NO2/c1-3-5-19(22)21-13-12-14-8-10-17-18(23-2)11-9-15-6-4-7-16(14)20(15)17/h3-4,7,9,11H,1,5-6,8,10,12-13H2,2H3,(H,21,22). The van der Waals surface area contributed by atoms with Crippen molar-refractivity contribution in [1.82, 2.24) is 5.32 Å². The van der Waals surface area contributed by atoms with E-state index in [0.717, 1.165) is 31.4 Å². The Morgan fingerprint density at radius 3 is 3.04 bits per heavy atom. The third-order valence-electron chi connectivity index (χ3n) is 4.60. The SMILES string of the molecule is C=CCC(=O)NCCC1=C2C=CCc3ccc(OC)c(c32)CC1. The van der Waals surface area contributed by atoms with E-state index in [9.17, 15) is 4.79 Å². The Morgan fingerprint density at radius 1 is 1.39 bits per heavy atom. The Morgan fingerprint density at radius 2 is 2.26 bits per heavy atom. The third kappa shape index (κ3) is 3.09. The van der Waals surface area contributed by atoms with Gasteiger partial charge < -0.3 is 10.1 Å². The highest BCUT2D eigenvalue weighted by atomic mass is 16.5. The highest BCUT2D eigenvalue weighted by Gasteiger charge is 2.24.